The van der Waals surface area contributed by atoms with Gasteiger partial charge in [-0.3, -0.25) is 4.79 Å². The van der Waals surface area contributed by atoms with Crippen LogP contribution in [0.25, 0.3) is 5.69 Å². The molecule has 1 aliphatic rings. The molecule has 6 nitrogen and oxygen atoms in total. The predicted molar refractivity (Wildman–Crippen MR) is 109 cm³/mol. The first-order chi connectivity index (χ1) is 14.0. The van der Waals surface area contributed by atoms with Crippen LogP contribution < -0.4 is 0 Å². The van der Waals surface area contributed by atoms with Gasteiger partial charge < -0.3 is 9.64 Å². The Balaban J connectivity index is 1.68. The van der Waals surface area contributed by atoms with E-state index in [-0.39, 0.29) is 5.91 Å². The number of ether oxygens (including phenoxy) is 1. The van der Waals surface area contributed by atoms with E-state index in [1.807, 2.05) is 48.5 Å². The molecule has 2 aromatic carbocycles. The molecular weight excluding hydrogens is 366 g/mol. The minimum Gasteiger partial charge on any atom is -0.443 e. The van der Waals surface area contributed by atoms with Crippen LogP contribution >= 0.6 is 0 Å². The maximum Gasteiger partial charge on any atom is 0.358 e. The van der Waals surface area contributed by atoms with Crippen molar-refractivity contribution in [2.75, 3.05) is 14.1 Å². The number of benzene rings is 2. The van der Waals surface area contributed by atoms with E-state index in [1.54, 1.807) is 37.0 Å². The van der Waals surface area contributed by atoms with E-state index < -0.39 is 12.1 Å². The molecule has 0 saturated heterocycles. The smallest absolute Gasteiger partial charge is 0.358 e. The zero-order valence-corrected chi connectivity index (χ0v) is 16.5. The minimum atomic E-state index is -1.01. The molecule has 1 aliphatic carbocycles. The van der Waals surface area contributed by atoms with E-state index >= 15 is 0 Å². The zero-order chi connectivity index (χ0) is 20.4. The standard InChI is InChI=1S/C23H23N3O3/c1-25(2)22(27)21(17-9-5-3-6-10-17)29-23(28)20-15-19(16-13-14-16)24-26(20)18-11-7-4-8-12-18/h3-12,15-16,21H,13-14H2,1-2H3/t21-/m0/s1. The van der Waals surface area contributed by atoms with Gasteiger partial charge in [-0.25, -0.2) is 9.48 Å². The number of hydrogen-bond acceptors (Lipinski definition) is 4. The molecule has 1 heterocycles. The van der Waals surface area contributed by atoms with Crippen LogP contribution in [0.15, 0.2) is 66.7 Å². The highest BCUT2D eigenvalue weighted by Crippen LogP contribution is 2.40. The number of rotatable bonds is 6. The number of para-hydroxylation sites is 1. The third-order valence-electron chi connectivity index (χ3n) is 4.93. The number of esters is 1. The van der Waals surface area contributed by atoms with Crippen molar-refractivity contribution in [1.82, 2.24) is 14.7 Å². The molecule has 0 N–H and O–H groups in total. The number of amides is 1. The van der Waals surface area contributed by atoms with E-state index in [4.69, 9.17) is 4.74 Å². The monoisotopic (exact) mass is 389 g/mol. The summed E-state index contributed by atoms with van der Waals surface area (Å²) in [4.78, 5) is 27.3. The first kappa shape index (κ1) is 18.9. The molecule has 0 unspecified atom stereocenters. The van der Waals surface area contributed by atoms with Crippen LogP contribution in [-0.4, -0.2) is 40.7 Å². The number of aromatic nitrogens is 2. The summed E-state index contributed by atoms with van der Waals surface area (Å²) in [6.07, 6.45) is 1.14. The van der Waals surface area contributed by atoms with E-state index in [2.05, 4.69) is 5.10 Å². The lowest BCUT2D eigenvalue weighted by molar-refractivity contribution is -0.138. The minimum absolute atomic E-state index is 0.294. The predicted octanol–water partition coefficient (Wildman–Crippen LogP) is 3.74. The fraction of sp³-hybridized carbons (Fsp3) is 0.261. The molecule has 1 saturated carbocycles. The number of hydrogen-bond donors (Lipinski definition) is 0. The molecule has 1 aromatic heterocycles. The second kappa shape index (κ2) is 7.91. The van der Waals surface area contributed by atoms with Crippen LogP contribution in [0.4, 0.5) is 0 Å². The van der Waals surface area contributed by atoms with Crippen LogP contribution in [0.2, 0.25) is 0 Å². The summed E-state index contributed by atoms with van der Waals surface area (Å²) in [5.74, 6) is -0.477. The Labute approximate surface area is 169 Å². The van der Waals surface area contributed by atoms with Gasteiger partial charge in [0.1, 0.15) is 0 Å². The third kappa shape index (κ3) is 4.06. The van der Waals surface area contributed by atoms with Gasteiger partial charge in [0.05, 0.1) is 11.4 Å². The molecule has 1 fully saturated rings. The van der Waals surface area contributed by atoms with E-state index in [9.17, 15) is 9.59 Å². The van der Waals surface area contributed by atoms with Gasteiger partial charge in [0.15, 0.2) is 5.69 Å². The summed E-state index contributed by atoms with van der Waals surface area (Å²) >= 11 is 0. The average molecular weight is 389 g/mol. The number of nitrogens with zero attached hydrogens (tertiary/aromatic N) is 3. The molecule has 1 atom stereocenters. The van der Waals surface area contributed by atoms with Crippen molar-refractivity contribution in [1.29, 1.82) is 0 Å². The van der Waals surface area contributed by atoms with Gasteiger partial charge in [0, 0.05) is 25.6 Å². The van der Waals surface area contributed by atoms with Crippen molar-refractivity contribution in [3.05, 3.63) is 83.7 Å². The molecule has 0 bridgehead atoms. The first-order valence-corrected chi connectivity index (χ1v) is 9.67. The second-order valence-corrected chi connectivity index (χ2v) is 7.40. The summed E-state index contributed by atoms with van der Waals surface area (Å²) in [7, 11) is 3.29. The lowest BCUT2D eigenvalue weighted by Crippen LogP contribution is -2.31. The Hall–Kier alpha value is -3.41. The van der Waals surface area contributed by atoms with Gasteiger partial charge >= 0.3 is 5.97 Å². The van der Waals surface area contributed by atoms with Crippen molar-refractivity contribution < 1.29 is 14.3 Å². The van der Waals surface area contributed by atoms with Gasteiger partial charge in [-0.1, -0.05) is 48.5 Å². The Morgan fingerprint density at radius 2 is 1.66 bits per heavy atom. The van der Waals surface area contributed by atoms with Crippen molar-refractivity contribution in [3.8, 4) is 5.69 Å². The van der Waals surface area contributed by atoms with Crippen molar-refractivity contribution in [2.24, 2.45) is 0 Å². The van der Waals surface area contributed by atoms with Gasteiger partial charge in [-0.05, 0) is 31.0 Å². The highest BCUT2D eigenvalue weighted by atomic mass is 16.5. The van der Waals surface area contributed by atoms with E-state index in [1.165, 1.54) is 4.90 Å². The molecule has 0 aliphatic heterocycles. The number of carbonyl (C=O) groups excluding carboxylic acids is 2. The fourth-order valence-corrected chi connectivity index (χ4v) is 3.18. The van der Waals surface area contributed by atoms with Crippen molar-refractivity contribution in [3.63, 3.8) is 0 Å². The fourth-order valence-electron chi connectivity index (χ4n) is 3.18. The molecular formula is C23H23N3O3. The summed E-state index contributed by atoms with van der Waals surface area (Å²) in [5.41, 5.74) is 2.62. The third-order valence-corrected chi connectivity index (χ3v) is 4.93. The largest absolute Gasteiger partial charge is 0.443 e. The summed E-state index contributed by atoms with van der Waals surface area (Å²) in [6.45, 7) is 0. The van der Waals surface area contributed by atoms with Crippen LogP contribution in [0.3, 0.4) is 0 Å². The van der Waals surface area contributed by atoms with Gasteiger partial charge in [-0.2, -0.15) is 5.10 Å². The lowest BCUT2D eigenvalue weighted by atomic mass is 10.1. The lowest BCUT2D eigenvalue weighted by Gasteiger charge is -2.21. The summed E-state index contributed by atoms with van der Waals surface area (Å²) < 4.78 is 7.34. The quantitative estimate of drug-likeness (QED) is 0.603. The molecule has 0 spiro atoms. The highest BCUT2D eigenvalue weighted by molar-refractivity contribution is 5.92. The number of carbonyl (C=O) groups is 2. The first-order valence-electron chi connectivity index (χ1n) is 9.67. The highest BCUT2D eigenvalue weighted by Gasteiger charge is 2.32. The van der Waals surface area contributed by atoms with Crippen LogP contribution in [0.1, 0.15) is 46.6 Å². The van der Waals surface area contributed by atoms with Crippen LogP contribution in [0, 0.1) is 0 Å². The number of likely N-dealkylation sites (N-methyl/N-ethyl adjacent to an activating group) is 1. The second-order valence-electron chi connectivity index (χ2n) is 7.40. The molecule has 0 radical (unpaired) electrons. The van der Waals surface area contributed by atoms with Gasteiger partial charge in [0.2, 0.25) is 6.10 Å². The molecule has 4 rings (SSSR count). The van der Waals surface area contributed by atoms with E-state index in [0.29, 0.717) is 17.2 Å². The van der Waals surface area contributed by atoms with Crippen LogP contribution in [0.5, 0.6) is 0 Å². The Morgan fingerprint density at radius 3 is 2.24 bits per heavy atom. The summed E-state index contributed by atoms with van der Waals surface area (Å²) in [5, 5.41) is 4.64. The van der Waals surface area contributed by atoms with Gasteiger partial charge in [-0.15, -0.1) is 0 Å². The Morgan fingerprint density at radius 1 is 1.03 bits per heavy atom. The Kier molecular flexibility index (Phi) is 5.16. The molecule has 3 aromatic rings. The van der Waals surface area contributed by atoms with Crippen LogP contribution in [-0.2, 0) is 9.53 Å². The molecule has 148 valence electrons. The van der Waals surface area contributed by atoms with E-state index in [0.717, 1.165) is 24.2 Å². The zero-order valence-electron chi connectivity index (χ0n) is 16.5. The van der Waals surface area contributed by atoms with Gasteiger partial charge in [0.25, 0.3) is 5.91 Å². The summed E-state index contributed by atoms with van der Waals surface area (Å²) in [6, 6.07) is 20.3. The Bertz CT molecular complexity index is 1010. The molecule has 29 heavy (non-hydrogen) atoms. The topological polar surface area (TPSA) is 64.4 Å². The molecule has 1 amide bonds. The van der Waals surface area contributed by atoms with Crippen molar-refractivity contribution in [2.45, 2.75) is 24.9 Å². The maximum atomic E-state index is 13.2. The average Bonchev–Trinajstić information content (AvgIpc) is 3.50. The normalized spacial score (nSPS) is 14.3. The SMILES string of the molecule is CN(C)C(=O)[C@@H](OC(=O)c1cc(C2CC2)nn1-c1ccccc1)c1ccccc1. The maximum absolute atomic E-state index is 13.2. The van der Waals surface area contributed by atoms with Crippen molar-refractivity contribution >= 4 is 11.9 Å². The molecule has 6 heteroatoms.